The molecular formula is C33H51F3N2O3. The quantitative estimate of drug-likeness (QED) is 0.108. The summed E-state index contributed by atoms with van der Waals surface area (Å²) in [6.45, 7) is 8.21. The number of nitrogens with zero attached hydrogens (tertiary/aromatic N) is 2. The molecule has 0 aromatic heterocycles. The number of aliphatic imine (C=N–C) groups is 1. The van der Waals surface area contributed by atoms with Crippen molar-refractivity contribution in [2.24, 2.45) is 10.9 Å². The summed E-state index contributed by atoms with van der Waals surface area (Å²) >= 11 is 0. The number of ether oxygens (including phenoxy) is 3. The molecule has 1 heterocycles. The number of unbranched alkanes of at least 4 members (excludes halogenated alkanes) is 7. The summed E-state index contributed by atoms with van der Waals surface area (Å²) in [6.07, 6.45) is 15.1. The maximum absolute atomic E-state index is 15.1. The van der Waals surface area contributed by atoms with Gasteiger partial charge in [-0.2, -0.15) is 8.78 Å². The smallest absolute Gasteiger partial charge is 0.266 e. The summed E-state index contributed by atoms with van der Waals surface area (Å²) in [5.41, 5.74) is 1.75. The van der Waals surface area contributed by atoms with Crippen molar-refractivity contribution in [2.45, 2.75) is 110 Å². The van der Waals surface area contributed by atoms with Crippen molar-refractivity contribution in [3.63, 3.8) is 0 Å². The highest BCUT2D eigenvalue weighted by Gasteiger charge is 2.30. The number of halogens is 3. The molecular weight excluding hydrogens is 529 g/mol. The first-order valence-corrected chi connectivity index (χ1v) is 16.0. The lowest BCUT2D eigenvalue weighted by atomic mass is 9.80. The first-order valence-electron chi connectivity index (χ1n) is 16.0. The second kappa shape index (κ2) is 19.2. The Morgan fingerprint density at radius 3 is 2.20 bits per heavy atom. The van der Waals surface area contributed by atoms with Crippen LogP contribution in [0.15, 0.2) is 23.3 Å². The van der Waals surface area contributed by atoms with E-state index < -0.39 is 18.1 Å². The predicted octanol–water partition coefficient (Wildman–Crippen LogP) is 8.34. The van der Waals surface area contributed by atoms with Crippen LogP contribution in [0.5, 0.6) is 5.75 Å². The number of fused-ring (bicyclic) bond motifs is 1. The van der Waals surface area contributed by atoms with Crippen molar-refractivity contribution in [3.05, 3.63) is 41.1 Å². The SMILES string of the molecule is CCCCCCOCCCCCN1C=CC(C2CCc3cc(OCCCCOCCCC)c(F)c(F)c3C2)=NC1F. The molecule has 232 valence electrons. The van der Waals surface area contributed by atoms with E-state index in [9.17, 15) is 8.78 Å². The first-order chi connectivity index (χ1) is 20.0. The predicted molar refractivity (Wildman–Crippen MR) is 159 cm³/mol. The third-order valence-corrected chi connectivity index (χ3v) is 7.89. The Morgan fingerprint density at radius 1 is 0.829 bits per heavy atom. The van der Waals surface area contributed by atoms with Crippen LogP contribution in [0.3, 0.4) is 0 Å². The van der Waals surface area contributed by atoms with Crippen LogP contribution >= 0.6 is 0 Å². The number of allylic oxidation sites excluding steroid dienone is 1. The Bertz CT molecular complexity index is 956. The van der Waals surface area contributed by atoms with Gasteiger partial charge in [0, 0.05) is 50.8 Å². The van der Waals surface area contributed by atoms with E-state index in [1.807, 2.05) is 6.08 Å². The molecule has 1 aromatic rings. The summed E-state index contributed by atoms with van der Waals surface area (Å²) < 4.78 is 61.6. The van der Waals surface area contributed by atoms with Crippen LogP contribution < -0.4 is 4.74 Å². The fourth-order valence-electron chi connectivity index (χ4n) is 5.32. The molecule has 0 bridgehead atoms. The van der Waals surface area contributed by atoms with E-state index >= 15 is 4.39 Å². The van der Waals surface area contributed by atoms with Crippen molar-refractivity contribution < 1.29 is 27.4 Å². The fraction of sp³-hybridized carbons (Fsp3) is 0.727. The normalized spacial score (nSPS) is 18.5. The molecule has 0 amide bonds. The molecule has 1 aromatic carbocycles. The molecule has 3 rings (SSSR count). The minimum atomic E-state index is -1.44. The number of hydrogen-bond acceptors (Lipinski definition) is 5. The Kier molecular flexibility index (Phi) is 15.7. The number of alkyl halides is 1. The van der Waals surface area contributed by atoms with E-state index in [0.29, 0.717) is 56.7 Å². The third kappa shape index (κ3) is 11.3. The zero-order valence-electron chi connectivity index (χ0n) is 25.3. The summed E-state index contributed by atoms with van der Waals surface area (Å²) in [7, 11) is 0. The van der Waals surface area contributed by atoms with Crippen LogP contribution in [0.25, 0.3) is 0 Å². The molecule has 1 aliphatic carbocycles. The molecule has 0 N–H and O–H groups in total. The Labute approximate surface area is 245 Å². The van der Waals surface area contributed by atoms with Gasteiger partial charge in [0.05, 0.1) is 6.61 Å². The van der Waals surface area contributed by atoms with Gasteiger partial charge in [-0.25, -0.2) is 9.38 Å². The van der Waals surface area contributed by atoms with Gasteiger partial charge < -0.3 is 19.1 Å². The molecule has 0 saturated carbocycles. The third-order valence-electron chi connectivity index (χ3n) is 7.89. The largest absolute Gasteiger partial charge is 0.490 e. The highest BCUT2D eigenvalue weighted by atomic mass is 19.2. The molecule has 2 unspecified atom stereocenters. The zero-order valence-corrected chi connectivity index (χ0v) is 25.3. The summed E-state index contributed by atoms with van der Waals surface area (Å²) in [5, 5.41) is 0. The monoisotopic (exact) mass is 580 g/mol. The van der Waals surface area contributed by atoms with Crippen molar-refractivity contribution >= 4 is 5.71 Å². The van der Waals surface area contributed by atoms with Crippen LogP contribution in [0.1, 0.15) is 102 Å². The molecule has 2 atom stereocenters. The average molecular weight is 581 g/mol. The molecule has 5 nitrogen and oxygen atoms in total. The van der Waals surface area contributed by atoms with Crippen LogP contribution in [0, 0.1) is 17.6 Å². The van der Waals surface area contributed by atoms with Crippen LogP contribution in [0.4, 0.5) is 13.2 Å². The van der Waals surface area contributed by atoms with Gasteiger partial charge in [-0.05, 0) is 87.5 Å². The van der Waals surface area contributed by atoms with Gasteiger partial charge in [-0.3, -0.25) is 0 Å². The molecule has 1 aliphatic heterocycles. The second-order valence-electron chi connectivity index (χ2n) is 11.3. The highest BCUT2D eigenvalue weighted by Crippen LogP contribution is 2.35. The summed E-state index contributed by atoms with van der Waals surface area (Å²) in [6, 6.07) is 1.64. The van der Waals surface area contributed by atoms with E-state index in [-0.39, 0.29) is 11.7 Å². The number of hydrogen-bond donors (Lipinski definition) is 0. The van der Waals surface area contributed by atoms with Crippen LogP contribution in [0.2, 0.25) is 0 Å². The van der Waals surface area contributed by atoms with Gasteiger partial charge in [0.2, 0.25) is 5.82 Å². The van der Waals surface area contributed by atoms with Crippen molar-refractivity contribution in [2.75, 3.05) is 39.6 Å². The van der Waals surface area contributed by atoms with Gasteiger partial charge in [0.1, 0.15) is 0 Å². The van der Waals surface area contributed by atoms with E-state index in [1.54, 1.807) is 17.2 Å². The minimum Gasteiger partial charge on any atom is -0.490 e. The fourth-order valence-corrected chi connectivity index (χ4v) is 5.32. The van der Waals surface area contributed by atoms with E-state index in [0.717, 1.165) is 70.3 Å². The number of rotatable bonds is 21. The van der Waals surface area contributed by atoms with Crippen molar-refractivity contribution in [1.82, 2.24) is 4.90 Å². The van der Waals surface area contributed by atoms with E-state index in [1.165, 1.54) is 19.3 Å². The Hall–Kier alpha value is -2.06. The molecule has 0 saturated heterocycles. The van der Waals surface area contributed by atoms with E-state index in [4.69, 9.17) is 14.2 Å². The molecule has 8 heteroatoms. The van der Waals surface area contributed by atoms with E-state index in [2.05, 4.69) is 18.8 Å². The Balaban J connectivity index is 1.39. The lowest BCUT2D eigenvalue weighted by Crippen LogP contribution is -2.33. The van der Waals surface area contributed by atoms with Crippen LogP contribution in [-0.4, -0.2) is 56.6 Å². The maximum atomic E-state index is 15.1. The van der Waals surface area contributed by atoms with Crippen molar-refractivity contribution in [1.29, 1.82) is 0 Å². The van der Waals surface area contributed by atoms with Gasteiger partial charge in [-0.15, -0.1) is 0 Å². The van der Waals surface area contributed by atoms with Gasteiger partial charge >= 0.3 is 0 Å². The van der Waals surface area contributed by atoms with Gasteiger partial charge in [0.25, 0.3) is 6.42 Å². The number of benzene rings is 1. The first kappa shape index (κ1) is 33.4. The van der Waals surface area contributed by atoms with Gasteiger partial charge in [-0.1, -0.05) is 39.5 Å². The lowest BCUT2D eigenvalue weighted by Gasteiger charge is -2.30. The highest BCUT2D eigenvalue weighted by molar-refractivity contribution is 5.97. The molecule has 0 fully saturated rings. The molecule has 2 aliphatic rings. The Morgan fingerprint density at radius 2 is 1.49 bits per heavy atom. The molecule has 0 radical (unpaired) electrons. The summed E-state index contributed by atoms with van der Waals surface area (Å²) in [5.74, 6) is -1.96. The summed E-state index contributed by atoms with van der Waals surface area (Å²) in [4.78, 5) is 5.89. The molecule has 0 spiro atoms. The van der Waals surface area contributed by atoms with Crippen molar-refractivity contribution in [3.8, 4) is 5.75 Å². The average Bonchev–Trinajstić information content (AvgIpc) is 2.98. The standard InChI is InChI=1S/C33H51F3N2O3/c1-3-5-7-10-20-40-21-11-8-9-17-38-18-16-29(37-33(38)36)27-15-14-26-25-30(32(35)31(34)28(26)24-27)41-23-13-12-22-39-19-6-4-2/h16,18,25,27,33H,3-15,17,19-24H2,1-2H3. The second-order valence-corrected chi connectivity index (χ2v) is 11.3. The maximum Gasteiger partial charge on any atom is 0.266 e. The minimum absolute atomic E-state index is 0.0282. The topological polar surface area (TPSA) is 43.3 Å². The zero-order chi connectivity index (χ0) is 29.3. The van der Waals surface area contributed by atoms with Gasteiger partial charge in [0.15, 0.2) is 11.6 Å². The number of aryl methyl sites for hydroxylation is 1. The van der Waals surface area contributed by atoms with Crippen LogP contribution in [-0.2, 0) is 22.3 Å². The molecule has 41 heavy (non-hydrogen) atoms. The lowest BCUT2D eigenvalue weighted by molar-refractivity contribution is 0.119.